The second-order valence-electron chi connectivity index (χ2n) is 5.90. The van der Waals surface area contributed by atoms with Gasteiger partial charge in [0.1, 0.15) is 6.04 Å². The molecule has 1 saturated carbocycles. The van der Waals surface area contributed by atoms with Gasteiger partial charge in [-0.25, -0.2) is 0 Å². The quantitative estimate of drug-likeness (QED) is 0.877. The molecule has 2 rings (SSSR count). The SMILES string of the molecule is CC1CCC(NC(=O)C(N)c2ccccc2)C(C)C1. The lowest BCUT2D eigenvalue weighted by Gasteiger charge is -2.33. The highest BCUT2D eigenvalue weighted by atomic mass is 16.2. The number of carbonyl (C=O) groups excluding carboxylic acids is 1. The first-order valence-electron chi connectivity index (χ1n) is 7.19. The molecule has 3 heteroatoms. The van der Waals surface area contributed by atoms with Crippen LogP contribution in [0.1, 0.15) is 44.7 Å². The summed E-state index contributed by atoms with van der Waals surface area (Å²) in [6, 6.07) is 9.26. The summed E-state index contributed by atoms with van der Waals surface area (Å²) in [5.41, 5.74) is 6.89. The van der Waals surface area contributed by atoms with Crippen LogP contribution in [0.3, 0.4) is 0 Å². The van der Waals surface area contributed by atoms with Crippen LogP contribution in [0.5, 0.6) is 0 Å². The number of nitrogens with two attached hydrogens (primary N) is 1. The molecule has 0 aromatic heterocycles. The van der Waals surface area contributed by atoms with E-state index in [4.69, 9.17) is 5.73 Å². The molecule has 3 N–H and O–H groups in total. The Morgan fingerprint density at radius 2 is 1.95 bits per heavy atom. The van der Waals surface area contributed by atoms with E-state index in [2.05, 4.69) is 19.2 Å². The summed E-state index contributed by atoms with van der Waals surface area (Å²) in [6.07, 6.45) is 3.44. The number of rotatable bonds is 3. The lowest BCUT2D eigenvalue weighted by Crippen LogP contribution is -2.45. The van der Waals surface area contributed by atoms with Crippen LogP contribution in [-0.2, 0) is 4.79 Å². The summed E-state index contributed by atoms with van der Waals surface area (Å²) in [5.74, 6) is 1.25. The van der Waals surface area contributed by atoms with Gasteiger partial charge < -0.3 is 11.1 Å². The number of hydrogen-bond donors (Lipinski definition) is 2. The maximum absolute atomic E-state index is 12.2. The third-order valence-electron chi connectivity index (χ3n) is 4.20. The van der Waals surface area contributed by atoms with Crippen LogP contribution in [-0.4, -0.2) is 11.9 Å². The molecule has 0 saturated heterocycles. The zero-order chi connectivity index (χ0) is 13.8. The Labute approximate surface area is 115 Å². The Morgan fingerprint density at radius 1 is 1.26 bits per heavy atom. The number of amides is 1. The number of hydrogen-bond acceptors (Lipinski definition) is 2. The van der Waals surface area contributed by atoms with E-state index < -0.39 is 6.04 Å². The molecule has 1 aliphatic carbocycles. The molecule has 19 heavy (non-hydrogen) atoms. The van der Waals surface area contributed by atoms with Crippen LogP contribution < -0.4 is 11.1 Å². The van der Waals surface area contributed by atoms with Gasteiger partial charge in [-0.3, -0.25) is 4.79 Å². The normalized spacial score (nSPS) is 28.7. The third kappa shape index (κ3) is 3.57. The molecule has 0 spiro atoms. The van der Waals surface area contributed by atoms with Crippen LogP contribution in [0.4, 0.5) is 0 Å². The summed E-state index contributed by atoms with van der Waals surface area (Å²) in [5, 5.41) is 3.12. The number of nitrogens with one attached hydrogen (secondary N) is 1. The molecule has 0 bridgehead atoms. The van der Waals surface area contributed by atoms with Gasteiger partial charge >= 0.3 is 0 Å². The summed E-state index contributed by atoms with van der Waals surface area (Å²) in [6.45, 7) is 4.50. The molecular formula is C16H24N2O. The molecule has 0 heterocycles. The van der Waals surface area contributed by atoms with E-state index in [1.54, 1.807) is 0 Å². The summed E-state index contributed by atoms with van der Waals surface area (Å²) < 4.78 is 0. The molecule has 1 aromatic carbocycles. The molecule has 4 unspecified atom stereocenters. The van der Waals surface area contributed by atoms with Gasteiger partial charge in [0.2, 0.25) is 5.91 Å². The predicted molar refractivity (Wildman–Crippen MR) is 77.5 cm³/mol. The van der Waals surface area contributed by atoms with E-state index in [0.717, 1.165) is 17.9 Å². The van der Waals surface area contributed by atoms with Crippen molar-refractivity contribution in [2.24, 2.45) is 17.6 Å². The van der Waals surface area contributed by atoms with Crippen molar-refractivity contribution in [3.63, 3.8) is 0 Å². The lowest BCUT2D eigenvalue weighted by atomic mass is 9.80. The Bertz CT molecular complexity index is 418. The van der Waals surface area contributed by atoms with Gasteiger partial charge in [0.25, 0.3) is 0 Å². The highest BCUT2D eigenvalue weighted by Crippen LogP contribution is 2.28. The second-order valence-corrected chi connectivity index (χ2v) is 5.90. The molecule has 3 nitrogen and oxygen atoms in total. The second kappa shape index (κ2) is 6.20. The molecular weight excluding hydrogens is 236 g/mol. The first-order chi connectivity index (χ1) is 9.08. The minimum absolute atomic E-state index is 0.0578. The molecule has 0 aliphatic heterocycles. The Kier molecular flexibility index (Phi) is 4.59. The zero-order valence-corrected chi connectivity index (χ0v) is 11.8. The average Bonchev–Trinajstić information content (AvgIpc) is 2.42. The summed E-state index contributed by atoms with van der Waals surface area (Å²) in [4.78, 5) is 12.2. The fourth-order valence-corrected chi connectivity index (χ4v) is 2.96. The van der Waals surface area contributed by atoms with Crippen molar-refractivity contribution in [2.75, 3.05) is 0 Å². The van der Waals surface area contributed by atoms with Crippen LogP contribution >= 0.6 is 0 Å². The van der Waals surface area contributed by atoms with E-state index in [-0.39, 0.29) is 11.9 Å². The van der Waals surface area contributed by atoms with Gasteiger partial charge in [0.05, 0.1) is 0 Å². The fourth-order valence-electron chi connectivity index (χ4n) is 2.96. The van der Waals surface area contributed by atoms with Crippen molar-refractivity contribution in [3.05, 3.63) is 35.9 Å². The molecule has 4 atom stereocenters. The van der Waals surface area contributed by atoms with Gasteiger partial charge in [0, 0.05) is 6.04 Å². The molecule has 1 amide bonds. The van der Waals surface area contributed by atoms with Crippen molar-refractivity contribution in [3.8, 4) is 0 Å². The van der Waals surface area contributed by atoms with Crippen LogP contribution in [0.25, 0.3) is 0 Å². The fraction of sp³-hybridized carbons (Fsp3) is 0.562. The van der Waals surface area contributed by atoms with Crippen LogP contribution in [0.15, 0.2) is 30.3 Å². The van der Waals surface area contributed by atoms with Gasteiger partial charge in [-0.2, -0.15) is 0 Å². The lowest BCUT2D eigenvalue weighted by molar-refractivity contribution is -0.123. The standard InChI is InChI=1S/C16H24N2O/c1-11-8-9-14(12(2)10-11)18-16(19)15(17)13-6-4-3-5-7-13/h3-7,11-12,14-15H,8-10,17H2,1-2H3,(H,18,19). The molecule has 0 radical (unpaired) electrons. The van der Waals surface area contributed by atoms with Gasteiger partial charge in [0.15, 0.2) is 0 Å². The van der Waals surface area contributed by atoms with Crippen molar-refractivity contribution >= 4 is 5.91 Å². The monoisotopic (exact) mass is 260 g/mol. The van der Waals surface area contributed by atoms with E-state index in [1.165, 1.54) is 12.8 Å². The largest absolute Gasteiger partial charge is 0.351 e. The topological polar surface area (TPSA) is 55.1 Å². The number of carbonyl (C=O) groups is 1. The highest BCUT2D eigenvalue weighted by Gasteiger charge is 2.28. The predicted octanol–water partition coefficient (Wildman–Crippen LogP) is 2.63. The zero-order valence-electron chi connectivity index (χ0n) is 11.8. The average molecular weight is 260 g/mol. The summed E-state index contributed by atoms with van der Waals surface area (Å²) >= 11 is 0. The maximum atomic E-state index is 12.2. The molecule has 1 aliphatic rings. The van der Waals surface area contributed by atoms with Crippen molar-refractivity contribution in [1.29, 1.82) is 0 Å². The van der Waals surface area contributed by atoms with Crippen molar-refractivity contribution in [2.45, 2.75) is 45.2 Å². The van der Waals surface area contributed by atoms with Crippen LogP contribution in [0.2, 0.25) is 0 Å². The Morgan fingerprint density at radius 3 is 2.58 bits per heavy atom. The first kappa shape index (κ1) is 14.1. The van der Waals surface area contributed by atoms with Gasteiger partial charge in [-0.15, -0.1) is 0 Å². The first-order valence-corrected chi connectivity index (χ1v) is 7.19. The Balaban J connectivity index is 1.94. The van der Waals surface area contributed by atoms with E-state index in [0.29, 0.717) is 5.92 Å². The van der Waals surface area contributed by atoms with Crippen LogP contribution in [0, 0.1) is 11.8 Å². The summed E-state index contributed by atoms with van der Waals surface area (Å²) in [7, 11) is 0. The highest BCUT2D eigenvalue weighted by molar-refractivity contribution is 5.83. The maximum Gasteiger partial charge on any atom is 0.241 e. The van der Waals surface area contributed by atoms with Gasteiger partial charge in [-0.1, -0.05) is 44.2 Å². The number of benzene rings is 1. The third-order valence-corrected chi connectivity index (χ3v) is 4.20. The van der Waals surface area contributed by atoms with E-state index >= 15 is 0 Å². The minimum atomic E-state index is -0.562. The van der Waals surface area contributed by atoms with Gasteiger partial charge in [-0.05, 0) is 36.7 Å². The Hall–Kier alpha value is -1.35. The van der Waals surface area contributed by atoms with E-state index in [9.17, 15) is 4.79 Å². The van der Waals surface area contributed by atoms with Crippen molar-refractivity contribution in [1.82, 2.24) is 5.32 Å². The smallest absolute Gasteiger partial charge is 0.241 e. The molecule has 1 aromatic rings. The molecule has 104 valence electrons. The molecule has 1 fully saturated rings. The van der Waals surface area contributed by atoms with Crippen molar-refractivity contribution < 1.29 is 4.79 Å². The van der Waals surface area contributed by atoms with E-state index in [1.807, 2.05) is 30.3 Å². The minimum Gasteiger partial charge on any atom is -0.351 e.